The maximum absolute atomic E-state index is 14.2. The maximum Gasteiger partial charge on any atom is 0.417 e. The van der Waals surface area contributed by atoms with Crippen molar-refractivity contribution >= 4 is 46.0 Å². The highest BCUT2D eigenvalue weighted by atomic mass is 19.4. The van der Waals surface area contributed by atoms with Crippen molar-refractivity contribution in [2.24, 2.45) is 0 Å². The number of aromatic carboxylic acids is 1. The van der Waals surface area contributed by atoms with Gasteiger partial charge in [-0.2, -0.15) is 18.4 Å². The molecule has 0 atom stereocenters. The Balaban J connectivity index is 1.91. The van der Waals surface area contributed by atoms with Gasteiger partial charge in [0.2, 0.25) is 5.91 Å². The van der Waals surface area contributed by atoms with Crippen molar-refractivity contribution in [3.63, 3.8) is 0 Å². The lowest BCUT2D eigenvalue weighted by molar-refractivity contribution is -0.137. The molecule has 4 rings (SSSR count). The number of benzene rings is 3. The van der Waals surface area contributed by atoms with Crippen LogP contribution in [0.2, 0.25) is 0 Å². The van der Waals surface area contributed by atoms with Crippen molar-refractivity contribution in [1.29, 1.82) is 5.26 Å². The summed E-state index contributed by atoms with van der Waals surface area (Å²) in [4.78, 5) is 50.5. The van der Waals surface area contributed by atoms with E-state index in [4.69, 9.17) is 9.78 Å². The minimum Gasteiger partial charge on any atom is -0.478 e. The second-order valence-corrected chi connectivity index (χ2v) is 9.20. The summed E-state index contributed by atoms with van der Waals surface area (Å²) in [5.74, 6) is -3.65. The average Bonchev–Trinajstić information content (AvgIpc) is 3.34. The van der Waals surface area contributed by atoms with E-state index in [0.29, 0.717) is 0 Å². The molecule has 0 radical (unpaired) electrons. The third-order valence-corrected chi connectivity index (χ3v) is 6.02. The van der Waals surface area contributed by atoms with E-state index in [0.717, 1.165) is 42.2 Å². The third-order valence-electron chi connectivity index (χ3n) is 6.02. The van der Waals surface area contributed by atoms with E-state index in [1.54, 1.807) is 6.07 Å². The number of fused-ring (bicyclic) bond motifs is 1. The van der Waals surface area contributed by atoms with Crippen LogP contribution < -0.4 is 10.6 Å². The first-order chi connectivity index (χ1) is 19.7. The Morgan fingerprint density at radius 3 is 2.29 bits per heavy atom. The Hall–Kier alpha value is -5.71. The molecule has 3 N–H and O–H groups in total. The molecule has 4 aromatic rings. The molecular weight excluding hydrogens is 559 g/mol. The number of rotatable bonds is 6. The number of hydrogen-bond acceptors (Lipinski definition) is 7. The standard InChI is InChI=1S/C28H20F3N5O6/c1-13(37)33-15-5-6-16(21(9-15)28(29,30)31)17-10-20-23(11-18(17)26(39)36(2)3)42-35-24(20)25(38)34-22-7-4-14(12-32)8-19(22)27(40)41/h4-11H,1-3H3,(H,33,37)(H,34,38)(H,40,41). The molecule has 42 heavy (non-hydrogen) atoms. The normalized spacial score (nSPS) is 11.1. The first-order valence-corrected chi connectivity index (χ1v) is 11.9. The molecule has 14 heteroatoms. The number of anilines is 2. The molecule has 0 saturated heterocycles. The van der Waals surface area contributed by atoms with Crippen LogP contribution in [0.5, 0.6) is 0 Å². The fraction of sp³-hybridized carbons (Fsp3) is 0.143. The van der Waals surface area contributed by atoms with Gasteiger partial charge in [-0.25, -0.2) is 4.79 Å². The number of nitriles is 1. The number of carbonyl (C=O) groups excluding carboxylic acids is 3. The van der Waals surface area contributed by atoms with Gasteiger partial charge in [0.1, 0.15) is 0 Å². The predicted molar refractivity (Wildman–Crippen MR) is 143 cm³/mol. The van der Waals surface area contributed by atoms with Crippen LogP contribution >= 0.6 is 0 Å². The van der Waals surface area contributed by atoms with Crippen molar-refractivity contribution in [1.82, 2.24) is 10.1 Å². The number of amides is 3. The summed E-state index contributed by atoms with van der Waals surface area (Å²) in [7, 11) is 2.80. The number of nitrogens with zero attached hydrogens (tertiary/aromatic N) is 3. The summed E-state index contributed by atoms with van der Waals surface area (Å²) in [6.45, 7) is 1.14. The van der Waals surface area contributed by atoms with Crippen molar-refractivity contribution < 1.29 is 42.0 Å². The second kappa shape index (κ2) is 11.0. The van der Waals surface area contributed by atoms with E-state index in [-0.39, 0.29) is 44.6 Å². The number of alkyl halides is 3. The predicted octanol–water partition coefficient (Wildman–Crippen LogP) is 5.00. The Morgan fingerprint density at radius 1 is 0.976 bits per heavy atom. The van der Waals surface area contributed by atoms with E-state index < -0.39 is 46.7 Å². The summed E-state index contributed by atoms with van der Waals surface area (Å²) < 4.78 is 47.9. The molecule has 0 aliphatic rings. The van der Waals surface area contributed by atoms with Gasteiger partial charge >= 0.3 is 12.1 Å². The number of carboxylic acid groups (broad SMARTS) is 1. The molecule has 11 nitrogen and oxygen atoms in total. The maximum atomic E-state index is 14.2. The lowest BCUT2D eigenvalue weighted by Gasteiger charge is -2.19. The molecule has 1 aromatic heterocycles. The highest BCUT2D eigenvalue weighted by Gasteiger charge is 2.36. The van der Waals surface area contributed by atoms with E-state index in [1.165, 1.54) is 32.3 Å². The lowest BCUT2D eigenvalue weighted by Crippen LogP contribution is -2.22. The molecule has 0 aliphatic carbocycles. The Morgan fingerprint density at radius 2 is 1.69 bits per heavy atom. The average molecular weight is 579 g/mol. The summed E-state index contributed by atoms with van der Waals surface area (Å²) in [6, 6.07) is 10.7. The Labute approximate surface area is 235 Å². The van der Waals surface area contributed by atoms with Crippen LogP contribution in [0.25, 0.3) is 22.1 Å². The quantitative estimate of drug-likeness (QED) is 0.287. The van der Waals surface area contributed by atoms with Gasteiger partial charge in [-0.3, -0.25) is 14.4 Å². The van der Waals surface area contributed by atoms with Gasteiger partial charge in [-0.15, -0.1) is 0 Å². The summed E-state index contributed by atoms with van der Waals surface area (Å²) in [5, 5.41) is 26.9. The molecule has 0 spiro atoms. The number of halogens is 3. The minimum atomic E-state index is -4.91. The van der Waals surface area contributed by atoms with E-state index in [1.807, 2.05) is 0 Å². The largest absolute Gasteiger partial charge is 0.478 e. The van der Waals surface area contributed by atoms with Crippen molar-refractivity contribution in [3.05, 3.63) is 76.5 Å². The molecule has 0 aliphatic heterocycles. The molecule has 3 amide bonds. The van der Waals surface area contributed by atoms with Gasteiger partial charge in [-0.1, -0.05) is 11.2 Å². The number of nitrogens with one attached hydrogen (secondary N) is 2. The molecular formula is C28H20F3N5O6. The number of aromatic nitrogens is 1. The second-order valence-electron chi connectivity index (χ2n) is 9.20. The zero-order chi connectivity index (χ0) is 30.9. The molecule has 0 saturated carbocycles. The highest BCUT2D eigenvalue weighted by Crippen LogP contribution is 2.41. The van der Waals surface area contributed by atoms with Crippen molar-refractivity contribution in [2.45, 2.75) is 13.1 Å². The van der Waals surface area contributed by atoms with Gasteiger partial charge in [0.25, 0.3) is 11.8 Å². The van der Waals surface area contributed by atoms with Gasteiger partial charge in [0.05, 0.1) is 39.4 Å². The Bertz CT molecular complexity index is 1820. The van der Waals surface area contributed by atoms with E-state index >= 15 is 0 Å². The van der Waals surface area contributed by atoms with Crippen LogP contribution in [0.3, 0.4) is 0 Å². The first kappa shape index (κ1) is 29.3. The SMILES string of the molecule is CC(=O)Nc1ccc(-c2cc3c(C(=O)Nc4ccc(C#N)cc4C(=O)O)noc3cc2C(=O)N(C)C)c(C(F)(F)F)c1. The van der Waals surface area contributed by atoms with Crippen LogP contribution in [-0.4, -0.2) is 52.9 Å². The van der Waals surface area contributed by atoms with Gasteiger partial charge in [0, 0.05) is 26.7 Å². The molecule has 214 valence electrons. The van der Waals surface area contributed by atoms with Gasteiger partial charge < -0.3 is 25.2 Å². The molecule has 3 aromatic carbocycles. The molecule has 1 heterocycles. The monoisotopic (exact) mass is 579 g/mol. The highest BCUT2D eigenvalue weighted by molar-refractivity contribution is 6.14. The minimum absolute atomic E-state index is 0.0324. The summed E-state index contributed by atoms with van der Waals surface area (Å²) in [6.07, 6.45) is -4.91. The number of hydrogen-bond donors (Lipinski definition) is 3. The van der Waals surface area contributed by atoms with E-state index in [2.05, 4.69) is 15.8 Å². The number of carboxylic acids is 1. The van der Waals surface area contributed by atoms with Crippen LogP contribution in [0.15, 0.2) is 53.1 Å². The third kappa shape index (κ3) is 5.75. The Kier molecular flexibility index (Phi) is 7.70. The first-order valence-electron chi connectivity index (χ1n) is 11.9. The van der Waals surface area contributed by atoms with E-state index in [9.17, 15) is 37.5 Å². The molecule has 0 unspecified atom stereocenters. The van der Waals surface area contributed by atoms with Crippen LogP contribution in [0.1, 0.15) is 49.3 Å². The summed E-state index contributed by atoms with van der Waals surface area (Å²) in [5.41, 5.74) is -3.12. The lowest BCUT2D eigenvalue weighted by atomic mass is 9.92. The van der Waals surface area contributed by atoms with Gasteiger partial charge in [-0.05, 0) is 53.6 Å². The van der Waals surface area contributed by atoms with Crippen molar-refractivity contribution in [2.75, 3.05) is 24.7 Å². The van der Waals surface area contributed by atoms with Crippen LogP contribution in [0, 0.1) is 11.3 Å². The molecule has 0 fully saturated rings. The smallest absolute Gasteiger partial charge is 0.417 e. The zero-order valence-corrected chi connectivity index (χ0v) is 22.1. The molecule has 0 bridgehead atoms. The van der Waals surface area contributed by atoms with Gasteiger partial charge in [0.15, 0.2) is 11.3 Å². The fourth-order valence-electron chi connectivity index (χ4n) is 4.16. The van der Waals surface area contributed by atoms with Crippen LogP contribution in [-0.2, 0) is 11.0 Å². The fourth-order valence-corrected chi connectivity index (χ4v) is 4.16. The zero-order valence-electron chi connectivity index (χ0n) is 22.1. The topological polar surface area (TPSA) is 166 Å². The summed E-state index contributed by atoms with van der Waals surface area (Å²) >= 11 is 0. The van der Waals surface area contributed by atoms with Crippen LogP contribution in [0.4, 0.5) is 24.5 Å². The number of carbonyl (C=O) groups is 4. The van der Waals surface area contributed by atoms with Crippen molar-refractivity contribution in [3.8, 4) is 17.2 Å².